The number of aromatic nitrogens is 2. The smallest absolute Gasteiger partial charge is 0.324 e. The van der Waals surface area contributed by atoms with Crippen LogP contribution in [0.2, 0.25) is 0 Å². The van der Waals surface area contributed by atoms with E-state index in [1.807, 2.05) is 6.07 Å². The molecule has 1 N–H and O–H groups in total. The minimum Gasteiger partial charge on any atom is -0.330 e. The molecular weight excluding hydrogens is 345 g/mol. The first kappa shape index (κ1) is 17.9. The molecule has 142 valence electrons. The Morgan fingerprint density at radius 3 is 2.30 bits per heavy atom. The van der Waals surface area contributed by atoms with E-state index in [-0.39, 0.29) is 23.1 Å². The molecule has 1 saturated heterocycles. The number of hydrogen-bond acceptors (Lipinski definition) is 4. The monoisotopic (exact) mass is 369 g/mol. The molecule has 0 radical (unpaired) electrons. The van der Waals surface area contributed by atoms with Crippen LogP contribution in [0.15, 0.2) is 42.7 Å². The van der Waals surface area contributed by atoms with Crippen LogP contribution in [0.25, 0.3) is 0 Å². The summed E-state index contributed by atoms with van der Waals surface area (Å²) in [5.41, 5.74) is 0.994. The predicted molar refractivity (Wildman–Crippen MR) is 101 cm³/mol. The van der Waals surface area contributed by atoms with Gasteiger partial charge in [0.05, 0.1) is 24.5 Å². The highest BCUT2D eigenvalue weighted by atomic mass is 19.1. The van der Waals surface area contributed by atoms with E-state index in [1.165, 1.54) is 10.5 Å². The molecule has 0 unspecified atom stereocenters. The van der Waals surface area contributed by atoms with E-state index in [2.05, 4.69) is 58.5 Å². The van der Waals surface area contributed by atoms with Gasteiger partial charge in [-0.25, -0.2) is 19.2 Å². The number of amides is 2. The number of nitrogens with zero attached hydrogens (tertiary/aromatic N) is 4. The van der Waals surface area contributed by atoms with Crippen LogP contribution in [0.5, 0.6) is 0 Å². The molecule has 1 aromatic heterocycles. The molecule has 27 heavy (non-hydrogen) atoms. The van der Waals surface area contributed by atoms with E-state index in [1.54, 1.807) is 0 Å². The number of nitrogens with one attached hydrogen (secondary N) is 1. The van der Waals surface area contributed by atoms with Crippen LogP contribution in [-0.4, -0.2) is 47.1 Å². The summed E-state index contributed by atoms with van der Waals surface area (Å²) in [4.78, 5) is 24.3. The summed E-state index contributed by atoms with van der Waals surface area (Å²) in [7, 11) is 4.24. The van der Waals surface area contributed by atoms with Gasteiger partial charge in [0, 0.05) is 5.54 Å². The third-order valence-electron chi connectivity index (χ3n) is 6.13. The summed E-state index contributed by atoms with van der Waals surface area (Å²) in [6.45, 7) is 0.510. The van der Waals surface area contributed by atoms with Crippen molar-refractivity contribution in [2.45, 2.75) is 36.8 Å². The lowest BCUT2D eigenvalue weighted by molar-refractivity contribution is 0.0657. The molecule has 1 aliphatic heterocycles. The third kappa shape index (κ3) is 3.06. The number of benzene rings is 1. The van der Waals surface area contributed by atoms with Gasteiger partial charge in [0.25, 0.3) is 0 Å². The number of rotatable bonds is 3. The predicted octanol–water partition coefficient (Wildman–Crippen LogP) is 2.92. The van der Waals surface area contributed by atoms with Gasteiger partial charge in [-0.3, -0.25) is 9.80 Å². The zero-order valence-corrected chi connectivity index (χ0v) is 15.7. The second-order valence-corrected chi connectivity index (χ2v) is 7.79. The van der Waals surface area contributed by atoms with E-state index < -0.39 is 5.82 Å². The van der Waals surface area contributed by atoms with Crippen molar-refractivity contribution < 1.29 is 9.18 Å². The molecule has 0 bridgehead atoms. The summed E-state index contributed by atoms with van der Waals surface area (Å²) >= 11 is 0. The Bertz CT molecular complexity index is 816. The maximum absolute atomic E-state index is 13.1. The SMILES string of the molecule is CN(C)C1(c2ccccc2)CCC2(CC1)CN(c1ncc(F)cn1)C(=O)N2. The molecule has 2 aromatic rings. The van der Waals surface area contributed by atoms with Crippen LogP contribution in [0, 0.1) is 5.82 Å². The average molecular weight is 369 g/mol. The number of urea groups is 1. The summed E-state index contributed by atoms with van der Waals surface area (Å²) in [5.74, 6) is -0.261. The van der Waals surface area contributed by atoms with Crippen molar-refractivity contribution in [1.82, 2.24) is 20.2 Å². The van der Waals surface area contributed by atoms with Gasteiger partial charge < -0.3 is 5.32 Å². The molecule has 0 atom stereocenters. The molecule has 6 nitrogen and oxygen atoms in total. The van der Waals surface area contributed by atoms with E-state index in [0.29, 0.717) is 6.54 Å². The minimum absolute atomic E-state index is 0.0307. The van der Waals surface area contributed by atoms with Gasteiger partial charge in [0.1, 0.15) is 0 Å². The fourth-order valence-electron chi connectivity index (χ4n) is 4.48. The van der Waals surface area contributed by atoms with Crippen LogP contribution >= 0.6 is 0 Å². The maximum Gasteiger partial charge on any atom is 0.324 e. The van der Waals surface area contributed by atoms with E-state index in [4.69, 9.17) is 0 Å². The van der Waals surface area contributed by atoms with Crippen molar-refractivity contribution in [3.05, 3.63) is 54.1 Å². The molecule has 1 saturated carbocycles. The molecule has 2 heterocycles. The van der Waals surface area contributed by atoms with Gasteiger partial charge in [-0.2, -0.15) is 0 Å². The Balaban J connectivity index is 1.54. The van der Waals surface area contributed by atoms with E-state index >= 15 is 0 Å². The highest BCUT2D eigenvalue weighted by Crippen LogP contribution is 2.46. The van der Waals surface area contributed by atoms with E-state index in [0.717, 1.165) is 38.1 Å². The van der Waals surface area contributed by atoms with Crippen LogP contribution < -0.4 is 10.2 Å². The summed E-state index contributed by atoms with van der Waals surface area (Å²) in [5, 5.41) is 3.16. The maximum atomic E-state index is 13.1. The average Bonchev–Trinajstić information content (AvgIpc) is 3.00. The molecule has 1 aliphatic carbocycles. The fourth-order valence-corrected chi connectivity index (χ4v) is 4.48. The highest BCUT2D eigenvalue weighted by Gasteiger charge is 2.50. The highest BCUT2D eigenvalue weighted by molar-refractivity contribution is 5.93. The lowest BCUT2D eigenvalue weighted by Crippen LogP contribution is -2.54. The Kier molecular flexibility index (Phi) is 4.34. The fraction of sp³-hybridized carbons (Fsp3) is 0.450. The number of anilines is 1. The minimum atomic E-state index is -0.510. The Hall–Kier alpha value is -2.54. The largest absolute Gasteiger partial charge is 0.330 e. The topological polar surface area (TPSA) is 61.4 Å². The van der Waals surface area contributed by atoms with E-state index in [9.17, 15) is 9.18 Å². The van der Waals surface area contributed by atoms with Crippen LogP contribution in [-0.2, 0) is 5.54 Å². The zero-order valence-electron chi connectivity index (χ0n) is 15.7. The van der Waals surface area contributed by atoms with Gasteiger partial charge in [-0.05, 0) is 45.3 Å². The Labute approximate surface area is 158 Å². The molecule has 2 amide bonds. The second-order valence-electron chi connectivity index (χ2n) is 7.79. The number of carbonyl (C=O) groups excluding carboxylic acids is 1. The van der Waals surface area contributed by atoms with Crippen molar-refractivity contribution in [2.75, 3.05) is 25.5 Å². The quantitative estimate of drug-likeness (QED) is 0.904. The first-order valence-corrected chi connectivity index (χ1v) is 9.24. The van der Waals surface area contributed by atoms with Gasteiger partial charge in [0.15, 0.2) is 5.82 Å². The molecule has 2 aliphatic rings. The summed E-state index contributed by atoms with van der Waals surface area (Å²) in [6, 6.07) is 10.4. The molecule has 7 heteroatoms. The number of hydrogen-bond donors (Lipinski definition) is 1. The van der Waals surface area contributed by atoms with Crippen molar-refractivity contribution >= 4 is 12.0 Å². The second kappa shape index (κ2) is 6.56. The Morgan fingerprint density at radius 1 is 1.07 bits per heavy atom. The van der Waals surface area contributed by atoms with Crippen LogP contribution in [0.1, 0.15) is 31.2 Å². The molecule has 4 rings (SSSR count). The van der Waals surface area contributed by atoms with Crippen molar-refractivity contribution in [2.24, 2.45) is 0 Å². The Morgan fingerprint density at radius 2 is 1.70 bits per heavy atom. The molecule has 1 aromatic carbocycles. The van der Waals surface area contributed by atoms with Crippen molar-refractivity contribution in [3.8, 4) is 0 Å². The first-order valence-electron chi connectivity index (χ1n) is 9.24. The van der Waals surface area contributed by atoms with Crippen LogP contribution in [0.4, 0.5) is 15.1 Å². The number of halogens is 1. The standard InChI is InChI=1S/C20H24FN5O/c1-25(2)20(15-6-4-3-5-7-15)10-8-19(9-11-20)14-26(18(27)24-19)17-22-12-16(21)13-23-17/h3-7,12-13H,8-11,14H2,1-2H3,(H,24,27). The molecular formula is C20H24FN5O. The number of carbonyl (C=O) groups is 1. The lowest BCUT2D eigenvalue weighted by atomic mass is 9.69. The normalized spacial score (nSPS) is 28.0. The first-order chi connectivity index (χ1) is 12.9. The molecule has 2 fully saturated rings. The summed E-state index contributed by atoms with van der Waals surface area (Å²) < 4.78 is 13.1. The van der Waals surface area contributed by atoms with Gasteiger partial charge in [-0.1, -0.05) is 30.3 Å². The third-order valence-corrected chi connectivity index (χ3v) is 6.13. The van der Waals surface area contributed by atoms with Gasteiger partial charge in [0.2, 0.25) is 5.95 Å². The van der Waals surface area contributed by atoms with Gasteiger partial charge in [-0.15, -0.1) is 0 Å². The van der Waals surface area contributed by atoms with Crippen molar-refractivity contribution in [1.29, 1.82) is 0 Å². The van der Waals surface area contributed by atoms with Crippen molar-refractivity contribution in [3.63, 3.8) is 0 Å². The lowest BCUT2D eigenvalue weighted by Gasteiger charge is -2.48. The van der Waals surface area contributed by atoms with Crippen LogP contribution in [0.3, 0.4) is 0 Å². The summed E-state index contributed by atoms with van der Waals surface area (Å²) in [6.07, 6.45) is 5.81. The van der Waals surface area contributed by atoms with Gasteiger partial charge >= 0.3 is 6.03 Å². The molecule has 1 spiro atoms. The zero-order chi connectivity index (χ0) is 19.1.